The second-order valence-electron chi connectivity index (χ2n) is 5.50. The standard InChI is InChI=1S/C15H12Cl2N4O2/c16-7-4-5-8(9(17)6-7)13-12-10(2-1-3-11(12)22)18-14-15(19-13)21-23-20-14/h4-6,13H,1-3H2,(H,18,20)(H,19,21). The summed E-state index contributed by atoms with van der Waals surface area (Å²) in [4.78, 5) is 12.5. The SMILES string of the molecule is O=C1CCCC2=C1C(c1ccc(Cl)cc1Cl)Nc1nonc1N2. The number of rotatable bonds is 1. The fraction of sp³-hybridized carbons (Fsp3) is 0.267. The highest BCUT2D eigenvalue weighted by molar-refractivity contribution is 6.35. The zero-order valence-electron chi connectivity index (χ0n) is 11.9. The van der Waals surface area contributed by atoms with Crippen LogP contribution in [0.15, 0.2) is 34.1 Å². The predicted molar refractivity (Wildman–Crippen MR) is 86.6 cm³/mol. The van der Waals surface area contributed by atoms with E-state index in [9.17, 15) is 4.79 Å². The number of Topliss-reactive ketones (excluding diaryl/α,β-unsaturated/α-hetero) is 1. The summed E-state index contributed by atoms with van der Waals surface area (Å²) in [7, 11) is 0. The molecule has 118 valence electrons. The lowest BCUT2D eigenvalue weighted by atomic mass is 9.87. The van der Waals surface area contributed by atoms with Crippen molar-refractivity contribution >= 4 is 40.6 Å². The second-order valence-corrected chi connectivity index (χ2v) is 6.34. The lowest BCUT2D eigenvalue weighted by Gasteiger charge is -2.25. The van der Waals surface area contributed by atoms with E-state index in [1.54, 1.807) is 12.1 Å². The molecule has 1 aromatic carbocycles. The third-order valence-corrected chi connectivity index (χ3v) is 4.62. The number of hydrogen-bond donors (Lipinski definition) is 2. The summed E-state index contributed by atoms with van der Waals surface area (Å²) in [6, 6.07) is 4.79. The van der Waals surface area contributed by atoms with Crippen molar-refractivity contribution in [3.63, 3.8) is 0 Å². The number of fused-ring (bicyclic) bond motifs is 1. The first-order valence-electron chi connectivity index (χ1n) is 7.21. The number of carbonyl (C=O) groups excluding carboxylic acids is 1. The van der Waals surface area contributed by atoms with Crippen LogP contribution < -0.4 is 10.6 Å². The largest absolute Gasteiger partial charge is 0.353 e. The molecule has 1 aromatic heterocycles. The number of aromatic nitrogens is 2. The van der Waals surface area contributed by atoms with E-state index in [0.717, 1.165) is 24.1 Å². The van der Waals surface area contributed by atoms with Gasteiger partial charge in [-0.3, -0.25) is 4.79 Å². The van der Waals surface area contributed by atoms with Crippen molar-refractivity contribution in [3.8, 4) is 0 Å². The van der Waals surface area contributed by atoms with E-state index >= 15 is 0 Å². The highest BCUT2D eigenvalue weighted by atomic mass is 35.5. The molecule has 1 aliphatic carbocycles. The average molecular weight is 351 g/mol. The molecule has 23 heavy (non-hydrogen) atoms. The summed E-state index contributed by atoms with van der Waals surface area (Å²) in [6.45, 7) is 0. The molecule has 0 radical (unpaired) electrons. The summed E-state index contributed by atoms with van der Waals surface area (Å²) in [5.41, 5.74) is 2.26. The molecule has 2 heterocycles. The summed E-state index contributed by atoms with van der Waals surface area (Å²) in [6.07, 6.45) is 2.07. The first-order valence-corrected chi connectivity index (χ1v) is 7.96. The average Bonchev–Trinajstić information content (AvgIpc) is 2.87. The van der Waals surface area contributed by atoms with E-state index in [2.05, 4.69) is 20.9 Å². The number of halogens is 2. The van der Waals surface area contributed by atoms with Crippen molar-refractivity contribution in [1.82, 2.24) is 10.3 Å². The van der Waals surface area contributed by atoms with Gasteiger partial charge in [0.2, 0.25) is 11.6 Å². The van der Waals surface area contributed by atoms with Crippen molar-refractivity contribution < 1.29 is 9.42 Å². The van der Waals surface area contributed by atoms with Gasteiger partial charge >= 0.3 is 0 Å². The Kier molecular flexibility index (Phi) is 3.50. The van der Waals surface area contributed by atoms with Crippen LogP contribution in [0.2, 0.25) is 10.0 Å². The van der Waals surface area contributed by atoms with E-state index in [0.29, 0.717) is 33.7 Å². The van der Waals surface area contributed by atoms with E-state index in [4.69, 9.17) is 27.8 Å². The van der Waals surface area contributed by atoms with Gasteiger partial charge < -0.3 is 10.6 Å². The molecule has 0 saturated heterocycles. The third-order valence-electron chi connectivity index (χ3n) is 4.06. The number of hydrogen-bond acceptors (Lipinski definition) is 6. The van der Waals surface area contributed by atoms with Gasteiger partial charge in [0.1, 0.15) is 0 Å². The van der Waals surface area contributed by atoms with Gasteiger partial charge in [-0.2, -0.15) is 0 Å². The highest BCUT2D eigenvalue weighted by Gasteiger charge is 2.34. The Morgan fingerprint density at radius 2 is 2.00 bits per heavy atom. The molecule has 0 amide bonds. The predicted octanol–water partition coefficient (Wildman–Crippen LogP) is 3.96. The molecular weight excluding hydrogens is 339 g/mol. The van der Waals surface area contributed by atoms with Crippen LogP contribution in [-0.4, -0.2) is 16.1 Å². The van der Waals surface area contributed by atoms with E-state index in [1.807, 2.05) is 6.07 Å². The number of benzene rings is 1. The molecular formula is C15H12Cl2N4O2. The Hall–Kier alpha value is -2.05. The van der Waals surface area contributed by atoms with Gasteiger partial charge in [-0.1, -0.05) is 29.3 Å². The molecule has 0 spiro atoms. The number of allylic oxidation sites excluding steroid dienone is 1. The highest BCUT2D eigenvalue weighted by Crippen LogP contribution is 2.41. The van der Waals surface area contributed by atoms with E-state index in [1.165, 1.54) is 0 Å². The zero-order valence-corrected chi connectivity index (χ0v) is 13.4. The molecule has 0 bridgehead atoms. The van der Waals surface area contributed by atoms with Crippen LogP contribution in [0.5, 0.6) is 0 Å². The fourth-order valence-electron chi connectivity index (χ4n) is 3.01. The van der Waals surface area contributed by atoms with Crippen molar-refractivity contribution in [3.05, 3.63) is 45.1 Å². The molecule has 6 nitrogen and oxygen atoms in total. The van der Waals surface area contributed by atoms with Crippen molar-refractivity contribution in [2.24, 2.45) is 0 Å². The number of nitrogens with zero attached hydrogens (tertiary/aromatic N) is 2. The van der Waals surface area contributed by atoms with Gasteiger partial charge in [0.15, 0.2) is 5.78 Å². The van der Waals surface area contributed by atoms with Crippen molar-refractivity contribution in [1.29, 1.82) is 0 Å². The molecule has 2 aliphatic rings. The van der Waals surface area contributed by atoms with Gasteiger partial charge in [0.05, 0.1) is 6.04 Å². The first kappa shape index (κ1) is 14.5. The van der Waals surface area contributed by atoms with E-state index < -0.39 is 6.04 Å². The number of carbonyl (C=O) groups is 1. The minimum absolute atomic E-state index is 0.0874. The van der Waals surface area contributed by atoms with Crippen LogP contribution in [0.1, 0.15) is 30.9 Å². The maximum absolute atomic E-state index is 12.5. The normalized spacial score (nSPS) is 20.3. The molecule has 1 aliphatic heterocycles. The first-order chi connectivity index (χ1) is 11.1. The fourth-order valence-corrected chi connectivity index (χ4v) is 3.53. The molecule has 8 heteroatoms. The van der Waals surface area contributed by atoms with Crippen LogP contribution in [0.25, 0.3) is 0 Å². The topological polar surface area (TPSA) is 80.1 Å². The maximum atomic E-state index is 12.5. The zero-order chi connectivity index (χ0) is 16.0. The van der Waals surface area contributed by atoms with Crippen molar-refractivity contribution in [2.45, 2.75) is 25.3 Å². The third kappa shape index (κ3) is 2.48. The summed E-state index contributed by atoms with van der Waals surface area (Å²) in [5.74, 6) is 1.01. The molecule has 0 fully saturated rings. The Bertz CT molecular complexity index is 831. The van der Waals surface area contributed by atoms with Crippen molar-refractivity contribution in [2.75, 3.05) is 10.6 Å². The van der Waals surface area contributed by atoms with Gasteiger partial charge in [0.25, 0.3) is 0 Å². The second kappa shape index (κ2) is 5.54. The van der Waals surface area contributed by atoms with Crippen LogP contribution in [0.3, 0.4) is 0 Å². The van der Waals surface area contributed by atoms with Crippen LogP contribution in [-0.2, 0) is 4.79 Å². The van der Waals surface area contributed by atoms with Crippen LogP contribution in [0.4, 0.5) is 11.6 Å². The van der Waals surface area contributed by atoms with Crippen LogP contribution in [0, 0.1) is 0 Å². The Balaban J connectivity index is 1.89. The number of nitrogens with one attached hydrogen (secondary N) is 2. The quantitative estimate of drug-likeness (QED) is 0.810. The summed E-state index contributed by atoms with van der Waals surface area (Å²) >= 11 is 12.3. The minimum atomic E-state index is -0.428. The summed E-state index contributed by atoms with van der Waals surface area (Å²) in [5, 5.41) is 15.1. The Morgan fingerprint density at radius 1 is 1.17 bits per heavy atom. The number of anilines is 2. The monoisotopic (exact) mass is 350 g/mol. The van der Waals surface area contributed by atoms with Gasteiger partial charge in [0, 0.05) is 27.7 Å². The van der Waals surface area contributed by atoms with Gasteiger partial charge in [-0.25, -0.2) is 4.63 Å². The Labute approximate surface area is 141 Å². The minimum Gasteiger partial charge on any atom is -0.353 e. The van der Waals surface area contributed by atoms with Gasteiger partial charge in [-0.05, 0) is 40.9 Å². The summed E-state index contributed by atoms with van der Waals surface area (Å²) < 4.78 is 4.78. The van der Waals surface area contributed by atoms with Crippen LogP contribution >= 0.6 is 23.2 Å². The molecule has 0 saturated carbocycles. The number of ketones is 1. The molecule has 4 rings (SSSR count). The molecule has 1 atom stereocenters. The van der Waals surface area contributed by atoms with Gasteiger partial charge in [-0.15, -0.1) is 0 Å². The van der Waals surface area contributed by atoms with E-state index in [-0.39, 0.29) is 5.78 Å². The molecule has 2 N–H and O–H groups in total. The maximum Gasteiger partial charge on any atom is 0.219 e. The smallest absolute Gasteiger partial charge is 0.219 e. The lowest BCUT2D eigenvalue weighted by Crippen LogP contribution is -2.24. The molecule has 1 unspecified atom stereocenters. The Morgan fingerprint density at radius 3 is 2.83 bits per heavy atom. The lowest BCUT2D eigenvalue weighted by molar-refractivity contribution is -0.116. The molecule has 2 aromatic rings.